The van der Waals surface area contributed by atoms with E-state index in [2.05, 4.69) is 15.5 Å². The number of carbonyl (C=O) groups excluding carboxylic acids is 1. The van der Waals surface area contributed by atoms with E-state index >= 15 is 0 Å². The van der Waals surface area contributed by atoms with Gasteiger partial charge in [0.05, 0.1) is 17.4 Å². The Morgan fingerprint density at radius 1 is 1.52 bits per heavy atom. The molecule has 8 heteroatoms. The number of anilines is 1. The molecular weight excluding hydrogens is 327 g/mol. The smallest absolute Gasteiger partial charge is 0.321 e. The van der Waals surface area contributed by atoms with Gasteiger partial charge in [-0.15, -0.1) is 0 Å². The van der Waals surface area contributed by atoms with Crippen molar-refractivity contribution in [3.05, 3.63) is 29.8 Å². The molecule has 0 saturated heterocycles. The molecule has 25 heavy (non-hydrogen) atoms. The summed E-state index contributed by atoms with van der Waals surface area (Å²) < 4.78 is 18.9. The summed E-state index contributed by atoms with van der Waals surface area (Å²) >= 11 is 0. The molecular formula is C17H21FN4O3. The Hall–Kier alpha value is -2.48. The summed E-state index contributed by atoms with van der Waals surface area (Å²) in [5, 5.41) is 16.0. The van der Waals surface area contributed by atoms with Gasteiger partial charge in [-0.25, -0.2) is 9.18 Å². The van der Waals surface area contributed by atoms with Crippen molar-refractivity contribution < 1.29 is 18.8 Å². The fourth-order valence-electron chi connectivity index (χ4n) is 2.35. The first-order chi connectivity index (χ1) is 11.9. The Balaban J connectivity index is 1.77. The van der Waals surface area contributed by atoms with E-state index < -0.39 is 11.9 Å². The Bertz CT molecular complexity index is 758. The fourth-order valence-corrected chi connectivity index (χ4v) is 2.35. The lowest BCUT2D eigenvalue weighted by atomic mass is 10.1. The third kappa shape index (κ3) is 4.33. The van der Waals surface area contributed by atoms with Crippen LogP contribution in [0.2, 0.25) is 0 Å². The minimum atomic E-state index is -0.490. The lowest BCUT2D eigenvalue weighted by molar-refractivity contribution is 0.167. The average molecular weight is 348 g/mol. The summed E-state index contributed by atoms with van der Waals surface area (Å²) in [5.41, 5.74) is 0.734. The van der Waals surface area contributed by atoms with Crippen LogP contribution in [-0.4, -0.2) is 45.9 Å². The number of aromatic nitrogens is 2. The summed E-state index contributed by atoms with van der Waals surface area (Å²) in [6.45, 7) is 2.06. The van der Waals surface area contributed by atoms with Crippen LogP contribution in [0.4, 0.5) is 14.9 Å². The van der Waals surface area contributed by atoms with Gasteiger partial charge in [-0.1, -0.05) is 5.16 Å². The molecule has 1 fully saturated rings. The molecule has 0 aliphatic heterocycles. The second kappa shape index (κ2) is 7.18. The average Bonchev–Trinajstić information content (AvgIpc) is 3.31. The number of carbonyl (C=O) groups is 1. The zero-order valence-electron chi connectivity index (χ0n) is 14.2. The molecule has 1 unspecified atom stereocenters. The molecule has 0 bridgehead atoms. The highest BCUT2D eigenvalue weighted by Crippen LogP contribution is 2.39. The Morgan fingerprint density at radius 2 is 2.28 bits per heavy atom. The number of amides is 2. The molecule has 1 atom stereocenters. The predicted molar refractivity (Wildman–Crippen MR) is 89.6 cm³/mol. The number of nitrogens with zero attached hydrogens (tertiary/aromatic N) is 3. The molecule has 1 aliphatic carbocycles. The van der Waals surface area contributed by atoms with Gasteiger partial charge in [0.25, 0.3) is 5.89 Å². The van der Waals surface area contributed by atoms with Gasteiger partial charge in [0.1, 0.15) is 5.82 Å². The summed E-state index contributed by atoms with van der Waals surface area (Å²) in [5.74, 6) is 0.659. The minimum Gasteiger partial charge on any atom is -0.393 e. The predicted octanol–water partition coefficient (Wildman–Crippen LogP) is 2.99. The van der Waals surface area contributed by atoms with Crippen molar-refractivity contribution >= 4 is 11.7 Å². The molecule has 0 spiro atoms. The van der Waals surface area contributed by atoms with Crippen molar-refractivity contribution in [3.8, 4) is 11.5 Å². The van der Waals surface area contributed by atoms with E-state index in [0.29, 0.717) is 36.0 Å². The summed E-state index contributed by atoms with van der Waals surface area (Å²) in [6.07, 6.45) is 2.03. The van der Waals surface area contributed by atoms with Gasteiger partial charge in [0, 0.05) is 19.5 Å². The van der Waals surface area contributed by atoms with E-state index in [9.17, 15) is 14.3 Å². The lowest BCUT2D eigenvalue weighted by Crippen LogP contribution is -2.33. The van der Waals surface area contributed by atoms with E-state index in [-0.39, 0.29) is 11.9 Å². The summed E-state index contributed by atoms with van der Waals surface area (Å²) in [6, 6.07) is 3.62. The highest BCUT2D eigenvalue weighted by Gasteiger charge is 2.29. The number of halogens is 1. The van der Waals surface area contributed by atoms with Crippen LogP contribution in [-0.2, 0) is 0 Å². The van der Waals surface area contributed by atoms with E-state index in [1.807, 2.05) is 0 Å². The van der Waals surface area contributed by atoms with Gasteiger partial charge >= 0.3 is 6.03 Å². The van der Waals surface area contributed by atoms with Crippen LogP contribution in [0.1, 0.15) is 37.9 Å². The van der Waals surface area contributed by atoms with E-state index in [1.165, 1.54) is 23.1 Å². The van der Waals surface area contributed by atoms with Crippen LogP contribution >= 0.6 is 0 Å². The van der Waals surface area contributed by atoms with Gasteiger partial charge in [-0.3, -0.25) is 0 Å². The number of hydrogen-bond donors (Lipinski definition) is 2. The minimum absolute atomic E-state index is 0.184. The van der Waals surface area contributed by atoms with E-state index in [4.69, 9.17) is 4.52 Å². The van der Waals surface area contributed by atoms with Crippen molar-refractivity contribution in [1.29, 1.82) is 0 Å². The largest absolute Gasteiger partial charge is 0.393 e. The number of rotatable bonds is 6. The van der Waals surface area contributed by atoms with Crippen LogP contribution in [0, 0.1) is 5.82 Å². The first kappa shape index (κ1) is 17.3. The monoisotopic (exact) mass is 348 g/mol. The normalized spacial score (nSPS) is 15.0. The van der Waals surface area contributed by atoms with Crippen molar-refractivity contribution in [1.82, 2.24) is 15.0 Å². The maximum Gasteiger partial charge on any atom is 0.321 e. The van der Waals surface area contributed by atoms with E-state index in [1.54, 1.807) is 14.0 Å². The zero-order valence-corrected chi connectivity index (χ0v) is 14.2. The van der Waals surface area contributed by atoms with Gasteiger partial charge in [0.2, 0.25) is 0 Å². The molecule has 1 aliphatic rings. The third-order valence-corrected chi connectivity index (χ3v) is 4.07. The third-order valence-electron chi connectivity index (χ3n) is 4.07. The number of nitrogens with one attached hydrogen (secondary N) is 1. The second-order valence-electron chi connectivity index (χ2n) is 6.41. The highest BCUT2D eigenvalue weighted by atomic mass is 19.1. The molecule has 1 aromatic carbocycles. The van der Waals surface area contributed by atoms with Crippen molar-refractivity contribution in [2.45, 2.75) is 38.2 Å². The second-order valence-corrected chi connectivity index (χ2v) is 6.41. The number of urea groups is 1. The maximum atomic E-state index is 13.7. The molecule has 2 amide bonds. The molecule has 3 rings (SSSR count). The highest BCUT2D eigenvalue weighted by molar-refractivity contribution is 5.93. The van der Waals surface area contributed by atoms with Crippen LogP contribution < -0.4 is 5.32 Å². The van der Waals surface area contributed by atoms with Crippen molar-refractivity contribution in [2.24, 2.45) is 0 Å². The van der Waals surface area contributed by atoms with Crippen molar-refractivity contribution in [3.63, 3.8) is 0 Å². The van der Waals surface area contributed by atoms with Gasteiger partial charge in [0.15, 0.2) is 5.82 Å². The van der Waals surface area contributed by atoms with E-state index in [0.717, 1.165) is 12.8 Å². The first-order valence-corrected chi connectivity index (χ1v) is 8.27. The van der Waals surface area contributed by atoms with Crippen LogP contribution in [0.3, 0.4) is 0 Å². The van der Waals surface area contributed by atoms with Gasteiger partial charge in [-0.2, -0.15) is 4.98 Å². The molecule has 7 nitrogen and oxygen atoms in total. The molecule has 0 radical (unpaired) electrons. The molecule has 2 aromatic rings. The SMILES string of the molecule is CC(O)CCN(C)C(=O)Nc1ccc(F)cc1-c1nc(C2CC2)no1. The Kier molecular flexibility index (Phi) is 4.98. The number of aliphatic hydroxyl groups excluding tert-OH is 1. The molecule has 134 valence electrons. The fraction of sp³-hybridized carbons (Fsp3) is 0.471. The van der Waals surface area contributed by atoms with Gasteiger partial charge < -0.3 is 19.8 Å². The number of aliphatic hydroxyl groups is 1. The summed E-state index contributed by atoms with van der Waals surface area (Å²) in [4.78, 5) is 18.1. The molecule has 1 aromatic heterocycles. The quantitative estimate of drug-likeness (QED) is 0.837. The van der Waals surface area contributed by atoms with Crippen molar-refractivity contribution in [2.75, 3.05) is 18.9 Å². The zero-order chi connectivity index (χ0) is 18.0. The van der Waals surface area contributed by atoms with Crippen LogP contribution in [0.25, 0.3) is 11.5 Å². The first-order valence-electron chi connectivity index (χ1n) is 8.27. The Labute approximate surface area is 144 Å². The Morgan fingerprint density at radius 3 is 2.96 bits per heavy atom. The number of benzene rings is 1. The van der Waals surface area contributed by atoms with Gasteiger partial charge in [-0.05, 0) is 44.4 Å². The standard InChI is InChI=1S/C17H21FN4O3/c1-10(23)7-8-22(2)17(24)19-14-6-5-12(18)9-13(14)16-20-15(21-25-16)11-3-4-11/h5-6,9-11,23H,3-4,7-8H2,1-2H3,(H,19,24). The topological polar surface area (TPSA) is 91.5 Å². The molecule has 1 saturated carbocycles. The lowest BCUT2D eigenvalue weighted by Gasteiger charge is -2.19. The molecule has 2 N–H and O–H groups in total. The molecule has 1 heterocycles. The van der Waals surface area contributed by atoms with Crippen LogP contribution in [0.5, 0.6) is 0 Å². The van der Waals surface area contributed by atoms with Crippen LogP contribution in [0.15, 0.2) is 22.7 Å². The summed E-state index contributed by atoms with van der Waals surface area (Å²) in [7, 11) is 1.62. The number of hydrogen-bond acceptors (Lipinski definition) is 5. The maximum absolute atomic E-state index is 13.7.